The van der Waals surface area contributed by atoms with Gasteiger partial charge in [0.1, 0.15) is 6.10 Å². The monoisotopic (exact) mass is 292 g/mol. The van der Waals surface area contributed by atoms with Crippen molar-refractivity contribution in [3.05, 3.63) is 0 Å². The Hall–Kier alpha value is 0.580. The maximum Gasteiger partial charge on any atom is 0.163 e. The summed E-state index contributed by atoms with van der Waals surface area (Å²) in [7, 11) is 1.78. The zero-order chi connectivity index (χ0) is 13.0. The summed E-state index contributed by atoms with van der Waals surface area (Å²) in [6.45, 7) is 4.58. The maximum absolute atomic E-state index is 5.88. The number of hydrogen-bond acceptors (Lipinski definition) is 5. The molecule has 0 aromatic carbocycles. The van der Waals surface area contributed by atoms with E-state index in [4.69, 9.17) is 14.2 Å². The van der Waals surface area contributed by atoms with Gasteiger partial charge in [-0.05, 0) is 44.6 Å². The van der Waals surface area contributed by atoms with Crippen molar-refractivity contribution in [2.24, 2.45) is 0 Å². The fourth-order valence-corrected chi connectivity index (χ4v) is 5.26. The van der Waals surface area contributed by atoms with Gasteiger partial charge in [-0.2, -0.15) is 0 Å². The van der Waals surface area contributed by atoms with Gasteiger partial charge in [0.15, 0.2) is 5.79 Å². The third-order valence-electron chi connectivity index (χ3n) is 3.33. The predicted molar refractivity (Wildman–Crippen MR) is 78.3 cm³/mol. The quantitative estimate of drug-likeness (QED) is 0.776. The van der Waals surface area contributed by atoms with Crippen LogP contribution in [0.3, 0.4) is 0 Å². The van der Waals surface area contributed by atoms with Crippen LogP contribution in [0.1, 0.15) is 33.1 Å². The largest absolute Gasteiger partial charge is 0.379 e. The van der Waals surface area contributed by atoms with Gasteiger partial charge in [-0.3, -0.25) is 0 Å². The minimum absolute atomic E-state index is 0.0867. The molecule has 2 aliphatic rings. The normalized spacial score (nSPS) is 30.5. The molecule has 0 aliphatic carbocycles. The number of rotatable bonds is 5. The van der Waals surface area contributed by atoms with Gasteiger partial charge in [0.25, 0.3) is 0 Å². The third-order valence-corrected chi connectivity index (χ3v) is 6.41. The van der Waals surface area contributed by atoms with Gasteiger partial charge < -0.3 is 14.2 Å². The van der Waals surface area contributed by atoms with E-state index >= 15 is 0 Å². The molecule has 3 nitrogen and oxygen atoms in total. The van der Waals surface area contributed by atoms with E-state index in [-0.39, 0.29) is 12.2 Å². The lowest BCUT2D eigenvalue weighted by molar-refractivity contribution is -0.154. The van der Waals surface area contributed by atoms with Gasteiger partial charge in [0, 0.05) is 7.11 Å². The average Bonchev–Trinajstić information content (AvgIpc) is 2.72. The molecule has 106 valence electrons. The zero-order valence-corrected chi connectivity index (χ0v) is 13.1. The van der Waals surface area contributed by atoms with Crippen molar-refractivity contribution < 1.29 is 14.2 Å². The molecule has 2 fully saturated rings. The minimum Gasteiger partial charge on any atom is -0.379 e. The molecule has 2 atom stereocenters. The Kier molecular flexibility index (Phi) is 5.69. The molecule has 0 saturated carbocycles. The van der Waals surface area contributed by atoms with Gasteiger partial charge in [-0.15, -0.1) is 23.5 Å². The van der Waals surface area contributed by atoms with Crippen molar-refractivity contribution in [2.45, 2.75) is 55.7 Å². The highest BCUT2D eigenvalue weighted by Crippen LogP contribution is 2.35. The van der Waals surface area contributed by atoms with Gasteiger partial charge in [-0.1, -0.05) is 0 Å². The molecular formula is C13H24O3S2. The molecule has 0 bridgehead atoms. The van der Waals surface area contributed by atoms with Crippen LogP contribution in [0, 0.1) is 0 Å². The van der Waals surface area contributed by atoms with Gasteiger partial charge in [-0.25, -0.2) is 0 Å². The number of ether oxygens (including phenoxy) is 3. The summed E-state index contributed by atoms with van der Waals surface area (Å²) in [5.74, 6) is 2.17. The zero-order valence-electron chi connectivity index (χ0n) is 11.5. The molecule has 2 rings (SSSR count). The van der Waals surface area contributed by atoms with Crippen molar-refractivity contribution >= 4 is 23.5 Å². The summed E-state index contributed by atoms with van der Waals surface area (Å²) >= 11 is 4.19. The smallest absolute Gasteiger partial charge is 0.163 e. The Morgan fingerprint density at radius 1 is 1.33 bits per heavy atom. The summed E-state index contributed by atoms with van der Waals surface area (Å²) in [5.41, 5.74) is 0. The fourth-order valence-electron chi connectivity index (χ4n) is 2.36. The van der Waals surface area contributed by atoms with E-state index in [9.17, 15) is 0 Å². The first-order valence-electron chi connectivity index (χ1n) is 6.68. The van der Waals surface area contributed by atoms with E-state index in [0.29, 0.717) is 6.61 Å². The van der Waals surface area contributed by atoms with Crippen molar-refractivity contribution in [1.29, 1.82) is 0 Å². The lowest BCUT2D eigenvalue weighted by Crippen LogP contribution is -2.32. The molecule has 18 heavy (non-hydrogen) atoms. The third kappa shape index (κ3) is 4.30. The maximum atomic E-state index is 5.88. The summed E-state index contributed by atoms with van der Waals surface area (Å²) < 4.78 is 17.8. The highest BCUT2D eigenvalue weighted by atomic mass is 32.2. The van der Waals surface area contributed by atoms with E-state index in [1.807, 2.05) is 13.8 Å². The van der Waals surface area contributed by atoms with Crippen LogP contribution in [0.15, 0.2) is 0 Å². The second-order valence-corrected chi connectivity index (χ2v) is 8.16. The van der Waals surface area contributed by atoms with Gasteiger partial charge in [0.05, 0.1) is 17.3 Å². The number of thioether (sulfide) groups is 2. The van der Waals surface area contributed by atoms with Crippen LogP contribution < -0.4 is 0 Å². The number of hydrogen-bond donors (Lipinski definition) is 0. The van der Waals surface area contributed by atoms with E-state index < -0.39 is 5.79 Å². The Morgan fingerprint density at radius 2 is 2.06 bits per heavy atom. The lowest BCUT2D eigenvalue weighted by Gasteiger charge is -2.26. The Labute approximate surface area is 119 Å². The summed E-state index contributed by atoms with van der Waals surface area (Å²) in [6.07, 6.45) is 3.87. The summed E-state index contributed by atoms with van der Waals surface area (Å²) in [6, 6.07) is 0. The molecule has 0 spiro atoms. The predicted octanol–water partition coefficient (Wildman–Crippen LogP) is 3.13. The molecule has 5 heteroatoms. The fraction of sp³-hybridized carbons (Fsp3) is 1.00. The topological polar surface area (TPSA) is 27.7 Å². The van der Waals surface area contributed by atoms with Crippen LogP contribution in [0.2, 0.25) is 0 Å². The summed E-state index contributed by atoms with van der Waals surface area (Å²) in [5, 5.41) is 0. The first-order valence-corrected chi connectivity index (χ1v) is 8.78. The summed E-state index contributed by atoms with van der Waals surface area (Å²) in [4.78, 5) is 0. The Bertz CT molecular complexity index is 255. The van der Waals surface area contributed by atoms with E-state index in [1.165, 1.54) is 24.3 Å². The van der Waals surface area contributed by atoms with Gasteiger partial charge >= 0.3 is 0 Å². The molecule has 0 aromatic heterocycles. The molecule has 0 N–H and O–H groups in total. The molecule has 2 heterocycles. The first kappa shape index (κ1) is 15.0. The molecule has 0 unspecified atom stereocenters. The molecule has 0 aromatic rings. The molecule has 2 aliphatic heterocycles. The first-order chi connectivity index (χ1) is 8.61. The second-order valence-electron chi connectivity index (χ2n) is 5.24. The van der Waals surface area contributed by atoms with E-state index in [1.54, 1.807) is 7.11 Å². The van der Waals surface area contributed by atoms with Crippen LogP contribution in [0.4, 0.5) is 0 Å². The van der Waals surface area contributed by atoms with Crippen molar-refractivity contribution in [2.75, 3.05) is 25.2 Å². The Morgan fingerprint density at radius 3 is 2.61 bits per heavy atom. The van der Waals surface area contributed by atoms with Crippen molar-refractivity contribution in [3.63, 3.8) is 0 Å². The van der Waals surface area contributed by atoms with Crippen LogP contribution in [-0.4, -0.2) is 47.8 Å². The molecule has 0 amide bonds. The highest BCUT2D eigenvalue weighted by molar-refractivity contribution is 8.17. The minimum atomic E-state index is -0.449. The van der Waals surface area contributed by atoms with Crippen LogP contribution >= 0.6 is 23.5 Å². The second kappa shape index (κ2) is 6.84. The van der Waals surface area contributed by atoms with Crippen LogP contribution in [-0.2, 0) is 14.2 Å². The van der Waals surface area contributed by atoms with Crippen molar-refractivity contribution in [1.82, 2.24) is 0 Å². The van der Waals surface area contributed by atoms with E-state index in [0.717, 1.165) is 11.0 Å². The average molecular weight is 292 g/mol. The SMILES string of the molecule is CO[C@@H](CCC1SCCCS1)[C@H]1COC(C)(C)O1. The van der Waals surface area contributed by atoms with E-state index in [2.05, 4.69) is 23.5 Å². The highest BCUT2D eigenvalue weighted by Gasteiger charge is 2.37. The Balaban J connectivity index is 1.75. The standard InChI is InChI=1S/C13H24O3S2/c1-13(2)15-9-11(16-13)10(14-3)5-6-12-17-7-4-8-18-12/h10-12H,4-9H2,1-3H3/t10-,11+/m0/s1. The molecule has 2 saturated heterocycles. The lowest BCUT2D eigenvalue weighted by atomic mass is 10.1. The van der Waals surface area contributed by atoms with Gasteiger partial charge in [0.2, 0.25) is 0 Å². The molecule has 0 radical (unpaired) electrons. The van der Waals surface area contributed by atoms with Crippen LogP contribution in [0.25, 0.3) is 0 Å². The van der Waals surface area contributed by atoms with Crippen molar-refractivity contribution in [3.8, 4) is 0 Å². The molecular weight excluding hydrogens is 268 g/mol. The number of methoxy groups -OCH3 is 1. The van der Waals surface area contributed by atoms with Crippen LogP contribution in [0.5, 0.6) is 0 Å².